The van der Waals surface area contributed by atoms with Crippen LogP contribution in [0, 0.1) is 0 Å². The van der Waals surface area contributed by atoms with Crippen molar-refractivity contribution < 1.29 is 23.1 Å². The fraction of sp³-hybridized carbons (Fsp3) is 0.500. The predicted molar refractivity (Wildman–Crippen MR) is 103 cm³/mol. The second-order valence-electron chi connectivity index (χ2n) is 7.66. The number of halogens is 2. The van der Waals surface area contributed by atoms with E-state index < -0.39 is 6.43 Å². The predicted octanol–water partition coefficient (Wildman–Crippen LogP) is 1.94. The standard InChI is InChI=1S/C20H23F2N5O3/c1-12-9-27-17(16(8-24-27)26-10-14(30-2)7-19(26)29)11-25(12)18(28)6-13-3-4-23-15(5-13)20(21)22/h3-5,8,12,14,20H,6-7,9-11H2,1-2H3/t12-,14-/m0/s1. The first-order valence-corrected chi connectivity index (χ1v) is 9.77. The number of carbonyl (C=O) groups excluding carboxylic acids is 2. The number of ether oxygens (including phenoxy) is 1. The summed E-state index contributed by atoms with van der Waals surface area (Å²) in [5.41, 5.74) is 1.63. The Hall–Kier alpha value is -2.88. The minimum absolute atomic E-state index is 0.00441. The van der Waals surface area contributed by atoms with E-state index >= 15 is 0 Å². The normalized spacial score (nSPS) is 21.4. The van der Waals surface area contributed by atoms with Gasteiger partial charge in [0.25, 0.3) is 6.43 Å². The molecule has 0 bridgehead atoms. The third-order valence-corrected chi connectivity index (χ3v) is 5.67. The van der Waals surface area contributed by atoms with E-state index in [1.54, 1.807) is 29.2 Å². The van der Waals surface area contributed by atoms with E-state index in [4.69, 9.17) is 4.74 Å². The Labute approximate surface area is 172 Å². The van der Waals surface area contributed by atoms with Crippen molar-refractivity contribution in [1.29, 1.82) is 0 Å². The molecule has 30 heavy (non-hydrogen) atoms. The van der Waals surface area contributed by atoms with Crippen LogP contribution in [-0.4, -0.2) is 57.3 Å². The highest BCUT2D eigenvalue weighted by Gasteiger charge is 2.36. The first kappa shape index (κ1) is 20.4. The molecule has 10 heteroatoms. The molecule has 0 aromatic carbocycles. The van der Waals surface area contributed by atoms with Crippen LogP contribution >= 0.6 is 0 Å². The summed E-state index contributed by atoms with van der Waals surface area (Å²) in [5, 5.41) is 4.40. The number of alkyl halides is 2. The molecule has 2 aromatic rings. The number of nitrogens with zero attached hydrogens (tertiary/aromatic N) is 5. The highest BCUT2D eigenvalue weighted by molar-refractivity contribution is 5.96. The maximum absolute atomic E-state index is 13.0. The quantitative estimate of drug-likeness (QED) is 0.740. The van der Waals surface area contributed by atoms with Gasteiger partial charge in [-0.2, -0.15) is 5.10 Å². The lowest BCUT2D eigenvalue weighted by Crippen LogP contribution is -2.46. The van der Waals surface area contributed by atoms with Crippen LogP contribution in [-0.2, 0) is 33.8 Å². The number of carbonyl (C=O) groups is 2. The number of rotatable bonds is 5. The second-order valence-corrected chi connectivity index (χ2v) is 7.66. The van der Waals surface area contributed by atoms with Gasteiger partial charge in [-0.05, 0) is 24.6 Å². The van der Waals surface area contributed by atoms with Gasteiger partial charge in [0.1, 0.15) is 5.69 Å². The van der Waals surface area contributed by atoms with Gasteiger partial charge in [-0.25, -0.2) is 8.78 Å². The van der Waals surface area contributed by atoms with Crippen LogP contribution in [0.3, 0.4) is 0 Å². The second kappa shape index (κ2) is 8.10. The molecule has 2 aromatic heterocycles. The summed E-state index contributed by atoms with van der Waals surface area (Å²) in [6.07, 6.45) is 0.425. The maximum atomic E-state index is 13.0. The molecule has 0 radical (unpaired) electrons. The van der Waals surface area contributed by atoms with Gasteiger partial charge in [0.15, 0.2) is 0 Å². The van der Waals surface area contributed by atoms with Crippen LogP contribution in [0.15, 0.2) is 24.5 Å². The molecule has 0 N–H and O–H groups in total. The van der Waals surface area contributed by atoms with Crippen molar-refractivity contribution in [3.63, 3.8) is 0 Å². The van der Waals surface area contributed by atoms with Crippen molar-refractivity contribution in [3.05, 3.63) is 41.5 Å². The minimum atomic E-state index is -2.68. The van der Waals surface area contributed by atoms with Crippen molar-refractivity contribution in [3.8, 4) is 0 Å². The fourth-order valence-electron chi connectivity index (χ4n) is 4.01. The summed E-state index contributed by atoms with van der Waals surface area (Å²) in [6, 6.07) is 2.72. The lowest BCUT2D eigenvalue weighted by Gasteiger charge is -2.35. The molecule has 160 valence electrons. The summed E-state index contributed by atoms with van der Waals surface area (Å²) in [7, 11) is 1.58. The van der Waals surface area contributed by atoms with E-state index in [0.29, 0.717) is 37.3 Å². The summed E-state index contributed by atoms with van der Waals surface area (Å²) < 4.78 is 32.9. The summed E-state index contributed by atoms with van der Waals surface area (Å²) in [5.74, 6) is -0.208. The molecular formula is C20H23F2N5O3. The zero-order chi connectivity index (χ0) is 21.4. The first-order valence-electron chi connectivity index (χ1n) is 9.77. The summed E-state index contributed by atoms with van der Waals surface area (Å²) >= 11 is 0. The SMILES string of the molecule is CO[C@H]1CC(=O)N(c2cnn3c2CN(C(=O)Cc2ccnc(C(F)F)c2)[C@@H](C)C3)C1. The minimum Gasteiger partial charge on any atom is -0.379 e. The number of methoxy groups -OCH3 is 1. The molecule has 2 aliphatic rings. The summed E-state index contributed by atoms with van der Waals surface area (Å²) in [4.78, 5) is 32.4. The van der Waals surface area contributed by atoms with Crippen LogP contribution < -0.4 is 4.90 Å². The van der Waals surface area contributed by atoms with E-state index in [0.717, 1.165) is 5.69 Å². The van der Waals surface area contributed by atoms with Gasteiger partial charge in [0.05, 0.1) is 56.2 Å². The monoisotopic (exact) mass is 419 g/mol. The molecule has 8 nitrogen and oxygen atoms in total. The zero-order valence-electron chi connectivity index (χ0n) is 16.8. The number of hydrogen-bond acceptors (Lipinski definition) is 5. The van der Waals surface area contributed by atoms with E-state index in [-0.39, 0.29) is 36.1 Å². The number of pyridine rings is 1. The largest absolute Gasteiger partial charge is 0.379 e. The Kier molecular flexibility index (Phi) is 5.50. The Morgan fingerprint density at radius 2 is 2.17 bits per heavy atom. The Bertz CT molecular complexity index is 964. The van der Waals surface area contributed by atoms with E-state index in [2.05, 4.69) is 10.1 Å². The van der Waals surface area contributed by atoms with Crippen LogP contribution in [0.5, 0.6) is 0 Å². The molecule has 0 aliphatic carbocycles. The highest BCUT2D eigenvalue weighted by atomic mass is 19.3. The van der Waals surface area contributed by atoms with E-state index in [9.17, 15) is 18.4 Å². The molecule has 0 unspecified atom stereocenters. The lowest BCUT2D eigenvalue weighted by molar-refractivity contribution is -0.134. The van der Waals surface area contributed by atoms with Gasteiger partial charge >= 0.3 is 0 Å². The van der Waals surface area contributed by atoms with Crippen LogP contribution in [0.25, 0.3) is 0 Å². The average Bonchev–Trinajstić information content (AvgIpc) is 3.29. The number of hydrogen-bond donors (Lipinski definition) is 0. The molecule has 0 spiro atoms. The smallest absolute Gasteiger partial charge is 0.280 e. The number of amides is 2. The topological polar surface area (TPSA) is 80.6 Å². The zero-order valence-corrected chi connectivity index (χ0v) is 16.8. The Morgan fingerprint density at radius 3 is 2.87 bits per heavy atom. The van der Waals surface area contributed by atoms with Gasteiger partial charge < -0.3 is 14.5 Å². The van der Waals surface area contributed by atoms with Gasteiger partial charge in [0.2, 0.25) is 11.8 Å². The summed E-state index contributed by atoms with van der Waals surface area (Å²) in [6.45, 7) is 3.16. The van der Waals surface area contributed by atoms with Crippen LogP contribution in [0.2, 0.25) is 0 Å². The Morgan fingerprint density at radius 1 is 1.37 bits per heavy atom. The van der Waals surface area contributed by atoms with Crippen molar-refractivity contribution in [1.82, 2.24) is 19.7 Å². The Balaban J connectivity index is 1.53. The highest BCUT2D eigenvalue weighted by Crippen LogP contribution is 2.31. The lowest BCUT2D eigenvalue weighted by atomic mass is 10.1. The fourth-order valence-corrected chi connectivity index (χ4v) is 4.01. The molecule has 2 aliphatic heterocycles. The number of aromatic nitrogens is 3. The third kappa shape index (κ3) is 3.79. The van der Waals surface area contributed by atoms with Crippen molar-refractivity contribution >= 4 is 17.5 Å². The molecule has 0 saturated carbocycles. The average molecular weight is 419 g/mol. The molecular weight excluding hydrogens is 396 g/mol. The molecule has 2 atom stereocenters. The van der Waals surface area contributed by atoms with E-state index in [1.165, 1.54) is 12.3 Å². The van der Waals surface area contributed by atoms with Gasteiger partial charge in [-0.15, -0.1) is 0 Å². The molecule has 1 fully saturated rings. The molecule has 4 heterocycles. The third-order valence-electron chi connectivity index (χ3n) is 5.67. The van der Waals surface area contributed by atoms with Crippen molar-refractivity contribution in [2.24, 2.45) is 0 Å². The molecule has 1 saturated heterocycles. The number of anilines is 1. The number of fused-ring (bicyclic) bond motifs is 1. The van der Waals surface area contributed by atoms with E-state index in [1.807, 2.05) is 11.6 Å². The van der Waals surface area contributed by atoms with Gasteiger partial charge in [0, 0.05) is 19.3 Å². The maximum Gasteiger partial charge on any atom is 0.280 e. The first-order chi connectivity index (χ1) is 14.4. The van der Waals surface area contributed by atoms with Crippen LogP contribution in [0.1, 0.15) is 36.7 Å². The van der Waals surface area contributed by atoms with Crippen molar-refractivity contribution in [2.75, 3.05) is 18.6 Å². The molecule has 2 amide bonds. The van der Waals surface area contributed by atoms with Crippen LogP contribution in [0.4, 0.5) is 14.5 Å². The molecule has 4 rings (SSSR count). The van der Waals surface area contributed by atoms with Gasteiger partial charge in [-0.1, -0.05) is 0 Å². The van der Waals surface area contributed by atoms with Crippen molar-refractivity contribution in [2.45, 2.75) is 51.4 Å². The van der Waals surface area contributed by atoms with Gasteiger partial charge in [-0.3, -0.25) is 19.3 Å².